The molecule has 0 saturated carbocycles. The normalized spacial score (nSPS) is 11.3. The van der Waals surface area contributed by atoms with Crippen LogP contribution in [0.2, 0.25) is 0 Å². The van der Waals surface area contributed by atoms with Crippen LogP contribution in [0, 0.1) is 0 Å². The van der Waals surface area contributed by atoms with Crippen LogP contribution in [0.4, 0.5) is 13.2 Å². The van der Waals surface area contributed by atoms with Crippen LogP contribution in [0.5, 0.6) is 5.75 Å². The van der Waals surface area contributed by atoms with E-state index in [-0.39, 0.29) is 31.1 Å². The number of hydrogen-bond acceptors (Lipinski definition) is 3. The molecule has 0 amide bonds. The van der Waals surface area contributed by atoms with Gasteiger partial charge < -0.3 is 14.6 Å². The third kappa shape index (κ3) is 6.42. The first-order chi connectivity index (χ1) is 9.40. The van der Waals surface area contributed by atoms with Crippen molar-refractivity contribution in [2.24, 2.45) is 0 Å². The molecule has 0 atom stereocenters. The predicted octanol–water partition coefficient (Wildman–Crippen LogP) is 3.12. The van der Waals surface area contributed by atoms with Gasteiger partial charge in [0.15, 0.2) is 0 Å². The molecule has 0 spiro atoms. The number of aromatic carboxylic acids is 1. The number of carboxylic acids is 1. The minimum Gasteiger partial charge on any atom is -0.493 e. The Morgan fingerprint density at radius 3 is 2.50 bits per heavy atom. The smallest absolute Gasteiger partial charge is 0.391 e. The molecule has 20 heavy (non-hydrogen) atoms. The fourth-order valence-electron chi connectivity index (χ4n) is 1.40. The number of halogens is 3. The van der Waals surface area contributed by atoms with Crippen molar-refractivity contribution in [2.75, 3.05) is 19.8 Å². The Morgan fingerprint density at radius 2 is 1.85 bits per heavy atom. The van der Waals surface area contributed by atoms with Gasteiger partial charge in [0.25, 0.3) is 0 Å². The molecule has 0 radical (unpaired) electrons. The quantitative estimate of drug-likeness (QED) is 0.748. The molecule has 0 heterocycles. The highest BCUT2D eigenvalue weighted by Gasteiger charge is 2.26. The van der Waals surface area contributed by atoms with E-state index in [9.17, 15) is 18.0 Å². The Morgan fingerprint density at radius 1 is 1.15 bits per heavy atom. The number of carbonyl (C=O) groups is 1. The number of rotatable bonds is 8. The highest BCUT2D eigenvalue weighted by atomic mass is 19.4. The zero-order valence-corrected chi connectivity index (χ0v) is 10.7. The number of ether oxygens (including phenoxy) is 2. The van der Waals surface area contributed by atoms with Crippen molar-refractivity contribution in [3.05, 3.63) is 29.8 Å². The van der Waals surface area contributed by atoms with Gasteiger partial charge in [-0.05, 0) is 12.1 Å². The van der Waals surface area contributed by atoms with E-state index in [1.807, 2.05) is 0 Å². The van der Waals surface area contributed by atoms with Crippen molar-refractivity contribution >= 4 is 5.97 Å². The Kier molecular flexibility index (Phi) is 6.30. The van der Waals surface area contributed by atoms with Crippen molar-refractivity contribution in [1.29, 1.82) is 0 Å². The highest BCUT2D eigenvalue weighted by Crippen LogP contribution is 2.19. The molecule has 7 heteroatoms. The summed E-state index contributed by atoms with van der Waals surface area (Å²) in [6.45, 7) is -0.0726. The molecule has 0 aliphatic carbocycles. The van der Waals surface area contributed by atoms with Gasteiger partial charge >= 0.3 is 12.1 Å². The van der Waals surface area contributed by atoms with Crippen molar-refractivity contribution in [3.63, 3.8) is 0 Å². The Bertz CT molecular complexity index is 432. The summed E-state index contributed by atoms with van der Waals surface area (Å²) in [4.78, 5) is 10.9. The summed E-state index contributed by atoms with van der Waals surface area (Å²) in [6, 6.07) is 6.16. The van der Waals surface area contributed by atoms with Gasteiger partial charge in [-0.1, -0.05) is 12.1 Å². The first kappa shape index (κ1) is 16.3. The fraction of sp³-hybridized carbons (Fsp3) is 0.462. The van der Waals surface area contributed by atoms with E-state index < -0.39 is 18.6 Å². The van der Waals surface area contributed by atoms with Crippen LogP contribution in [0.15, 0.2) is 24.3 Å². The van der Waals surface area contributed by atoms with Crippen molar-refractivity contribution in [3.8, 4) is 5.75 Å². The first-order valence-corrected chi connectivity index (χ1v) is 6.00. The number of alkyl halides is 3. The molecule has 4 nitrogen and oxygen atoms in total. The van der Waals surface area contributed by atoms with Crippen LogP contribution in [-0.4, -0.2) is 37.1 Å². The fourth-order valence-corrected chi connectivity index (χ4v) is 1.40. The second kappa shape index (κ2) is 7.74. The lowest BCUT2D eigenvalue weighted by atomic mass is 10.2. The maximum atomic E-state index is 11.8. The van der Waals surface area contributed by atoms with E-state index >= 15 is 0 Å². The van der Waals surface area contributed by atoms with E-state index in [0.717, 1.165) is 0 Å². The average Bonchev–Trinajstić information content (AvgIpc) is 2.36. The standard InChI is InChI=1S/C13H15F3O4/c14-13(15,16)6-9-19-7-3-8-20-11-5-2-1-4-10(11)12(17)18/h1-2,4-5H,3,6-9H2,(H,17,18). The summed E-state index contributed by atoms with van der Waals surface area (Å²) >= 11 is 0. The lowest BCUT2D eigenvalue weighted by Crippen LogP contribution is -2.13. The number of benzene rings is 1. The number of carboxylic acid groups (broad SMARTS) is 1. The molecule has 0 aliphatic rings. The van der Waals surface area contributed by atoms with E-state index in [4.69, 9.17) is 14.6 Å². The van der Waals surface area contributed by atoms with Crippen LogP contribution < -0.4 is 4.74 Å². The molecule has 0 saturated heterocycles. The van der Waals surface area contributed by atoms with Gasteiger partial charge in [0.1, 0.15) is 11.3 Å². The van der Waals surface area contributed by atoms with Crippen LogP contribution in [0.3, 0.4) is 0 Å². The van der Waals surface area contributed by atoms with Crippen molar-refractivity contribution in [2.45, 2.75) is 19.0 Å². The summed E-state index contributed by atoms with van der Waals surface area (Å²) < 4.78 is 45.5. The predicted molar refractivity (Wildman–Crippen MR) is 65.0 cm³/mol. The zero-order chi connectivity index (χ0) is 15.0. The average molecular weight is 292 g/mol. The molecule has 1 aromatic rings. The minimum atomic E-state index is -4.21. The van der Waals surface area contributed by atoms with Gasteiger partial charge in [-0.25, -0.2) is 4.79 Å². The molecule has 1 rings (SSSR count). The molecule has 0 fully saturated rings. The van der Waals surface area contributed by atoms with Crippen LogP contribution in [0.25, 0.3) is 0 Å². The maximum Gasteiger partial charge on any atom is 0.391 e. The molecule has 1 N–H and O–H groups in total. The van der Waals surface area contributed by atoms with Gasteiger partial charge in [0.05, 0.1) is 19.6 Å². The van der Waals surface area contributed by atoms with Crippen LogP contribution in [-0.2, 0) is 4.74 Å². The van der Waals surface area contributed by atoms with Crippen molar-refractivity contribution < 1.29 is 32.5 Å². The number of para-hydroxylation sites is 1. The van der Waals surface area contributed by atoms with Gasteiger partial charge in [0.2, 0.25) is 0 Å². The Labute approximate surface area is 114 Å². The first-order valence-electron chi connectivity index (χ1n) is 6.00. The third-order valence-electron chi connectivity index (χ3n) is 2.34. The van der Waals surface area contributed by atoms with E-state index in [1.165, 1.54) is 12.1 Å². The Hall–Kier alpha value is -1.76. The number of hydrogen-bond donors (Lipinski definition) is 1. The molecule has 0 aliphatic heterocycles. The molecule has 0 bridgehead atoms. The lowest BCUT2D eigenvalue weighted by molar-refractivity contribution is -0.145. The summed E-state index contributed by atoms with van der Waals surface area (Å²) in [5.41, 5.74) is 0.0467. The summed E-state index contributed by atoms with van der Waals surface area (Å²) in [5, 5.41) is 8.90. The van der Waals surface area contributed by atoms with Crippen molar-refractivity contribution in [1.82, 2.24) is 0 Å². The third-order valence-corrected chi connectivity index (χ3v) is 2.34. The summed E-state index contributed by atoms with van der Waals surface area (Å²) in [5.74, 6) is -0.864. The molecule has 112 valence electrons. The summed E-state index contributed by atoms with van der Waals surface area (Å²) in [7, 11) is 0. The lowest BCUT2D eigenvalue weighted by Gasteiger charge is -2.09. The zero-order valence-electron chi connectivity index (χ0n) is 10.7. The maximum absolute atomic E-state index is 11.8. The largest absolute Gasteiger partial charge is 0.493 e. The monoisotopic (exact) mass is 292 g/mol. The van der Waals surface area contributed by atoms with Gasteiger partial charge in [-0.15, -0.1) is 0 Å². The summed E-state index contributed by atoms with van der Waals surface area (Å²) in [6.07, 6.45) is -4.81. The topological polar surface area (TPSA) is 55.8 Å². The van der Waals surface area contributed by atoms with E-state index in [0.29, 0.717) is 6.42 Å². The SMILES string of the molecule is O=C(O)c1ccccc1OCCCOCCC(F)(F)F. The minimum absolute atomic E-state index is 0.0467. The van der Waals surface area contributed by atoms with E-state index in [2.05, 4.69) is 0 Å². The Balaban J connectivity index is 2.20. The van der Waals surface area contributed by atoms with Gasteiger partial charge in [-0.3, -0.25) is 0 Å². The van der Waals surface area contributed by atoms with Gasteiger partial charge in [-0.2, -0.15) is 13.2 Å². The molecule has 1 aromatic carbocycles. The molecular formula is C13H15F3O4. The second-order valence-electron chi connectivity index (χ2n) is 3.98. The highest BCUT2D eigenvalue weighted by molar-refractivity contribution is 5.90. The van der Waals surface area contributed by atoms with E-state index in [1.54, 1.807) is 12.1 Å². The molecular weight excluding hydrogens is 277 g/mol. The van der Waals surface area contributed by atoms with Gasteiger partial charge in [0, 0.05) is 13.0 Å². The second-order valence-corrected chi connectivity index (χ2v) is 3.98. The van der Waals surface area contributed by atoms with Crippen LogP contribution in [0.1, 0.15) is 23.2 Å². The molecule has 0 unspecified atom stereocenters. The molecule has 0 aromatic heterocycles. The van der Waals surface area contributed by atoms with Crippen LogP contribution >= 0.6 is 0 Å².